The molecule has 3 heteroatoms. The van der Waals surface area contributed by atoms with E-state index in [2.05, 4.69) is 55.3 Å². The van der Waals surface area contributed by atoms with E-state index in [0.717, 1.165) is 18.7 Å². The molecule has 0 aliphatic heterocycles. The van der Waals surface area contributed by atoms with Crippen molar-refractivity contribution in [3.63, 3.8) is 0 Å². The molecule has 0 bridgehead atoms. The van der Waals surface area contributed by atoms with Gasteiger partial charge in [0.05, 0.1) is 0 Å². The van der Waals surface area contributed by atoms with Crippen molar-refractivity contribution in [3.8, 4) is 0 Å². The quantitative estimate of drug-likeness (QED) is 0.855. The lowest BCUT2D eigenvalue weighted by atomic mass is 10.1. The zero-order valence-electron chi connectivity index (χ0n) is 12.0. The maximum absolute atomic E-state index is 5.67. The third-order valence-electron chi connectivity index (χ3n) is 3.37. The first kappa shape index (κ1) is 14.7. The Morgan fingerprint density at radius 2 is 1.85 bits per heavy atom. The van der Waals surface area contributed by atoms with Crippen molar-refractivity contribution in [2.45, 2.75) is 20.0 Å². The van der Waals surface area contributed by atoms with E-state index in [9.17, 15) is 0 Å². The van der Waals surface area contributed by atoms with Gasteiger partial charge in [-0.15, -0.1) is 0 Å². The van der Waals surface area contributed by atoms with Crippen LogP contribution in [-0.4, -0.2) is 16.9 Å². The number of nitrogens with two attached hydrogens (primary N) is 1. The standard InChI is InChI=1S/C17H20N2S/c1-13-6-3-4-8-16(13)12-19(2)11-14-7-5-9-15(10-14)17(18)20/h3-10H,11-12H2,1-2H3,(H2,18,20). The number of hydrogen-bond acceptors (Lipinski definition) is 2. The number of aryl methyl sites for hydroxylation is 1. The average Bonchev–Trinajstić information content (AvgIpc) is 2.41. The van der Waals surface area contributed by atoms with Gasteiger partial charge in [0.15, 0.2) is 0 Å². The van der Waals surface area contributed by atoms with Crippen molar-refractivity contribution in [2.24, 2.45) is 5.73 Å². The van der Waals surface area contributed by atoms with Crippen LogP contribution in [0.3, 0.4) is 0 Å². The summed E-state index contributed by atoms with van der Waals surface area (Å²) < 4.78 is 0. The number of hydrogen-bond donors (Lipinski definition) is 1. The Morgan fingerprint density at radius 1 is 1.10 bits per heavy atom. The Kier molecular flexibility index (Phi) is 4.88. The van der Waals surface area contributed by atoms with Crippen LogP contribution in [0.2, 0.25) is 0 Å². The largest absolute Gasteiger partial charge is 0.389 e. The summed E-state index contributed by atoms with van der Waals surface area (Å²) in [6.45, 7) is 3.96. The predicted octanol–water partition coefficient (Wildman–Crippen LogP) is 3.26. The van der Waals surface area contributed by atoms with Gasteiger partial charge in [-0.3, -0.25) is 4.90 Å². The van der Waals surface area contributed by atoms with Crippen molar-refractivity contribution in [1.29, 1.82) is 0 Å². The minimum absolute atomic E-state index is 0.452. The molecule has 2 aromatic rings. The molecule has 0 spiro atoms. The SMILES string of the molecule is Cc1ccccc1CN(C)Cc1cccc(C(N)=S)c1. The van der Waals surface area contributed by atoms with Crippen LogP contribution in [-0.2, 0) is 13.1 Å². The normalized spacial score (nSPS) is 10.8. The average molecular weight is 284 g/mol. The van der Waals surface area contributed by atoms with E-state index in [1.807, 2.05) is 12.1 Å². The maximum Gasteiger partial charge on any atom is 0.103 e. The second-order valence-electron chi connectivity index (χ2n) is 5.16. The fourth-order valence-corrected chi connectivity index (χ4v) is 2.40. The van der Waals surface area contributed by atoms with Crippen molar-refractivity contribution in [3.05, 3.63) is 70.8 Å². The highest BCUT2D eigenvalue weighted by atomic mass is 32.1. The highest BCUT2D eigenvalue weighted by Gasteiger charge is 2.05. The molecule has 0 radical (unpaired) electrons. The lowest BCUT2D eigenvalue weighted by Gasteiger charge is -2.18. The Hall–Kier alpha value is -1.71. The first-order valence-corrected chi connectivity index (χ1v) is 7.09. The first-order chi connectivity index (χ1) is 9.56. The Labute approximate surface area is 126 Å². The van der Waals surface area contributed by atoms with Crippen LogP contribution in [0.1, 0.15) is 22.3 Å². The van der Waals surface area contributed by atoms with E-state index < -0.39 is 0 Å². The fraction of sp³-hybridized carbons (Fsp3) is 0.235. The Morgan fingerprint density at radius 3 is 2.55 bits per heavy atom. The summed E-state index contributed by atoms with van der Waals surface area (Å²) in [5.74, 6) is 0. The molecule has 0 aromatic heterocycles. The van der Waals surface area contributed by atoms with Gasteiger partial charge in [0, 0.05) is 18.7 Å². The summed E-state index contributed by atoms with van der Waals surface area (Å²) in [4.78, 5) is 2.74. The smallest absolute Gasteiger partial charge is 0.103 e. The van der Waals surface area contributed by atoms with Crippen molar-refractivity contribution in [1.82, 2.24) is 4.90 Å². The summed E-state index contributed by atoms with van der Waals surface area (Å²) in [6.07, 6.45) is 0. The predicted molar refractivity (Wildman–Crippen MR) is 88.7 cm³/mol. The zero-order valence-corrected chi connectivity index (χ0v) is 12.8. The zero-order chi connectivity index (χ0) is 14.5. The van der Waals surface area contributed by atoms with Gasteiger partial charge in [0.2, 0.25) is 0 Å². The molecule has 0 saturated carbocycles. The second-order valence-corrected chi connectivity index (χ2v) is 5.60. The molecule has 104 valence electrons. The maximum atomic E-state index is 5.67. The van der Waals surface area contributed by atoms with E-state index in [-0.39, 0.29) is 0 Å². The Bertz CT molecular complexity index is 607. The van der Waals surface area contributed by atoms with E-state index in [0.29, 0.717) is 4.99 Å². The van der Waals surface area contributed by atoms with Gasteiger partial charge in [-0.1, -0.05) is 54.7 Å². The van der Waals surface area contributed by atoms with E-state index >= 15 is 0 Å². The molecule has 0 atom stereocenters. The summed E-state index contributed by atoms with van der Waals surface area (Å²) in [5.41, 5.74) is 10.5. The molecule has 20 heavy (non-hydrogen) atoms. The van der Waals surface area contributed by atoms with E-state index in [1.165, 1.54) is 16.7 Å². The summed E-state index contributed by atoms with van der Waals surface area (Å²) >= 11 is 5.02. The molecule has 0 saturated heterocycles. The van der Waals surface area contributed by atoms with Crippen LogP contribution in [0.15, 0.2) is 48.5 Å². The molecule has 0 aliphatic carbocycles. The molecule has 2 rings (SSSR count). The van der Waals surface area contributed by atoms with Crippen LogP contribution >= 0.6 is 12.2 Å². The van der Waals surface area contributed by atoms with Gasteiger partial charge in [-0.05, 0) is 36.7 Å². The molecule has 2 N–H and O–H groups in total. The molecule has 0 unspecified atom stereocenters. The summed E-state index contributed by atoms with van der Waals surface area (Å²) in [5, 5.41) is 0. The number of thiocarbonyl (C=S) groups is 1. The summed E-state index contributed by atoms with van der Waals surface area (Å²) in [6, 6.07) is 16.6. The lowest BCUT2D eigenvalue weighted by molar-refractivity contribution is 0.318. The second kappa shape index (κ2) is 6.64. The van der Waals surface area contributed by atoms with Gasteiger partial charge in [0.1, 0.15) is 4.99 Å². The van der Waals surface area contributed by atoms with Crippen molar-refractivity contribution < 1.29 is 0 Å². The summed E-state index contributed by atoms with van der Waals surface area (Å²) in [7, 11) is 2.12. The molecule has 0 fully saturated rings. The molecular weight excluding hydrogens is 264 g/mol. The van der Waals surface area contributed by atoms with Crippen molar-refractivity contribution >= 4 is 17.2 Å². The van der Waals surface area contributed by atoms with Gasteiger partial charge in [-0.25, -0.2) is 0 Å². The van der Waals surface area contributed by atoms with Crippen LogP contribution in [0, 0.1) is 6.92 Å². The van der Waals surface area contributed by atoms with Gasteiger partial charge in [-0.2, -0.15) is 0 Å². The molecular formula is C17H20N2S. The van der Waals surface area contributed by atoms with E-state index in [4.69, 9.17) is 18.0 Å². The minimum Gasteiger partial charge on any atom is -0.389 e. The first-order valence-electron chi connectivity index (χ1n) is 6.68. The Balaban J connectivity index is 2.05. The number of rotatable bonds is 5. The van der Waals surface area contributed by atoms with Gasteiger partial charge >= 0.3 is 0 Å². The fourth-order valence-electron chi connectivity index (χ4n) is 2.27. The monoisotopic (exact) mass is 284 g/mol. The van der Waals surface area contributed by atoms with Crippen LogP contribution in [0.25, 0.3) is 0 Å². The topological polar surface area (TPSA) is 29.3 Å². The molecule has 2 aromatic carbocycles. The third-order valence-corrected chi connectivity index (χ3v) is 3.60. The van der Waals surface area contributed by atoms with Crippen LogP contribution in [0.4, 0.5) is 0 Å². The number of benzene rings is 2. The molecule has 0 aliphatic rings. The highest BCUT2D eigenvalue weighted by Crippen LogP contribution is 2.13. The highest BCUT2D eigenvalue weighted by molar-refractivity contribution is 7.80. The van der Waals surface area contributed by atoms with E-state index in [1.54, 1.807) is 0 Å². The van der Waals surface area contributed by atoms with Crippen molar-refractivity contribution in [2.75, 3.05) is 7.05 Å². The minimum atomic E-state index is 0.452. The lowest BCUT2D eigenvalue weighted by Crippen LogP contribution is -2.18. The van der Waals surface area contributed by atoms with Gasteiger partial charge in [0.25, 0.3) is 0 Å². The molecule has 0 amide bonds. The molecule has 0 heterocycles. The van der Waals surface area contributed by atoms with Crippen LogP contribution < -0.4 is 5.73 Å². The number of nitrogens with zero attached hydrogens (tertiary/aromatic N) is 1. The third kappa shape index (κ3) is 3.89. The van der Waals surface area contributed by atoms with Gasteiger partial charge < -0.3 is 5.73 Å². The molecule has 2 nitrogen and oxygen atoms in total. The van der Waals surface area contributed by atoms with Crippen LogP contribution in [0.5, 0.6) is 0 Å².